The van der Waals surface area contributed by atoms with Crippen molar-refractivity contribution in [1.29, 1.82) is 0 Å². The molecule has 1 aliphatic heterocycles. The number of hydrogen-bond acceptors (Lipinski definition) is 3. The van der Waals surface area contributed by atoms with Gasteiger partial charge in [-0.1, -0.05) is 12.1 Å². The van der Waals surface area contributed by atoms with E-state index in [0.717, 1.165) is 63.1 Å². The molecule has 6 heteroatoms. The Morgan fingerprint density at radius 3 is 3.16 bits per heavy atom. The van der Waals surface area contributed by atoms with Gasteiger partial charge >= 0.3 is 6.03 Å². The molecule has 6 nitrogen and oxygen atoms in total. The molecule has 0 aliphatic carbocycles. The number of hydrogen-bond donors (Lipinski definition) is 1. The lowest BCUT2D eigenvalue weighted by atomic mass is 9.99. The maximum atomic E-state index is 12.3. The molecule has 1 aromatic heterocycles. The van der Waals surface area contributed by atoms with Gasteiger partial charge in [0.25, 0.3) is 0 Å². The standard InChI is InChI=1S/C19H28N4O2/c1-2-25-14-16-7-5-11-22(13-16)19(24)20-10-6-12-23-15-21-17-8-3-4-9-18(17)23/h3-4,8-9,15-16H,2,5-7,10-14H2,1H3,(H,20,24)/t16-/m1/s1. The van der Waals surface area contributed by atoms with Crippen LogP contribution in [0.3, 0.4) is 0 Å². The number of fused-ring (bicyclic) bond motifs is 1. The second kappa shape index (κ2) is 8.85. The topological polar surface area (TPSA) is 59.4 Å². The zero-order chi connectivity index (χ0) is 17.5. The number of benzene rings is 1. The average molecular weight is 344 g/mol. The molecule has 0 saturated carbocycles. The van der Waals surface area contributed by atoms with Gasteiger partial charge in [0.2, 0.25) is 0 Å². The highest BCUT2D eigenvalue weighted by atomic mass is 16.5. The van der Waals surface area contributed by atoms with Crippen molar-refractivity contribution in [2.24, 2.45) is 5.92 Å². The average Bonchev–Trinajstić information content (AvgIpc) is 3.07. The van der Waals surface area contributed by atoms with Gasteiger partial charge in [-0.05, 0) is 38.3 Å². The normalized spacial score (nSPS) is 17.8. The summed E-state index contributed by atoms with van der Waals surface area (Å²) in [5.74, 6) is 0.469. The van der Waals surface area contributed by atoms with Crippen LogP contribution in [0.1, 0.15) is 26.2 Å². The predicted octanol–water partition coefficient (Wildman–Crippen LogP) is 2.88. The van der Waals surface area contributed by atoms with Crippen molar-refractivity contribution in [3.05, 3.63) is 30.6 Å². The molecule has 2 aromatic rings. The third-order valence-corrected chi connectivity index (χ3v) is 4.74. The molecule has 0 bridgehead atoms. The van der Waals surface area contributed by atoms with E-state index in [-0.39, 0.29) is 6.03 Å². The minimum atomic E-state index is 0.0525. The summed E-state index contributed by atoms with van der Waals surface area (Å²) in [4.78, 5) is 18.7. The Balaban J connectivity index is 1.40. The van der Waals surface area contributed by atoms with Crippen LogP contribution in [-0.2, 0) is 11.3 Å². The van der Waals surface area contributed by atoms with E-state index in [0.29, 0.717) is 12.5 Å². The number of para-hydroxylation sites is 2. The monoisotopic (exact) mass is 344 g/mol. The number of ether oxygens (including phenoxy) is 1. The molecule has 3 rings (SSSR count). The van der Waals surface area contributed by atoms with E-state index in [1.54, 1.807) is 0 Å². The summed E-state index contributed by atoms with van der Waals surface area (Å²) in [5, 5.41) is 3.05. The molecular weight excluding hydrogens is 316 g/mol. The number of amides is 2. The highest BCUT2D eigenvalue weighted by molar-refractivity contribution is 5.75. The molecule has 1 aliphatic rings. The summed E-state index contributed by atoms with van der Waals surface area (Å²) in [5.41, 5.74) is 2.16. The summed E-state index contributed by atoms with van der Waals surface area (Å²) in [6.45, 7) is 6.70. The quantitative estimate of drug-likeness (QED) is 0.786. The van der Waals surface area contributed by atoms with Gasteiger partial charge in [-0.3, -0.25) is 0 Å². The van der Waals surface area contributed by atoms with Gasteiger partial charge in [0, 0.05) is 38.7 Å². The smallest absolute Gasteiger partial charge is 0.317 e. The van der Waals surface area contributed by atoms with E-state index in [1.807, 2.05) is 36.4 Å². The Labute approximate surface area is 149 Å². The molecule has 0 spiro atoms. The fraction of sp³-hybridized carbons (Fsp3) is 0.579. The summed E-state index contributed by atoms with van der Waals surface area (Å²) >= 11 is 0. The van der Waals surface area contributed by atoms with E-state index in [4.69, 9.17) is 4.74 Å². The highest BCUT2D eigenvalue weighted by Crippen LogP contribution is 2.17. The van der Waals surface area contributed by atoms with Crippen LogP contribution < -0.4 is 5.32 Å². The molecule has 1 atom stereocenters. The van der Waals surface area contributed by atoms with Gasteiger partial charge < -0.3 is 19.5 Å². The summed E-state index contributed by atoms with van der Waals surface area (Å²) in [6.07, 6.45) is 4.97. The molecule has 2 amide bonds. The van der Waals surface area contributed by atoms with Crippen LogP contribution in [0.4, 0.5) is 4.79 Å². The molecular formula is C19H28N4O2. The Bertz CT molecular complexity index is 685. The number of aryl methyl sites for hydroxylation is 1. The summed E-state index contributed by atoms with van der Waals surface area (Å²) in [7, 11) is 0. The van der Waals surface area contributed by atoms with Crippen molar-refractivity contribution >= 4 is 17.1 Å². The number of aromatic nitrogens is 2. The van der Waals surface area contributed by atoms with Crippen LogP contribution in [0.15, 0.2) is 30.6 Å². The number of nitrogens with one attached hydrogen (secondary N) is 1. The fourth-order valence-electron chi connectivity index (χ4n) is 3.42. The zero-order valence-electron chi connectivity index (χ0n) is 15.0. The van der Waals surface area contributed by atoms with Crippen molar-refractivity contribution in [2.45, 2.75) is 32.7 Å². The number of rotatable bonds is 7. The van der Waals surface area contributed by atoms with E-state index in [9.17, 15) is 4.79 Å². The van der Waals surface area contributed by atoms with Gasteiger partial charge in [0.15, 0.2) is 0 Å². The van der Waals surface area contributed by atoms with Crippen LogP contribution in [0.25, 0.3) is 11.0 Å². The Morgan fingerprint density at radius 1 is 1.40 bits per heavy atom. The van der Waals surface area contributed by atoms with Crippen LogP contribution in [-0.4, -0.2) is 53.3 Å². The van der Waals surface area contributed by atoms with Crippen LogP contribution in [0.2, 0.25) is 0 Å². The first kappa shape index (κ1) is 17.7. The molecule has 1 saturated heterocycles. The molecule has 1 aromatic carbocycles. The second-order valence-electron chi connectivity index (χ2n) is 6.63. The number of carbonyl (C=O) groups is 1. The largest absolute Gasteiger partial charge is 0.381 e. The van der Waals surface area contributed by atoms with Crippen LogP contribution >= 0.6 is 0 Å². The Morgan fingerprint density at radius 2 is 2.28 bits per heavy atom. The minimum absolute atomic E-state index is 0.0525. The SMILES string of the molecule is CCOC[C@@H]1CCCN(C(=O)NCCCn2cnc3ccccc32)C1. The number of carbonyl (C=O) groups excluding carboxylic acids is 1. The lowest BCUT2D eigenvalue weighted by molar-refractivity contribution is 0.0756. The van der Waals surface area contributed by atoms with E-state index < -0.39 is 0 Å². The van der Waals surface area contributed by atoms with Crippen molar-refractivity contribution in [2.75, 3.05) is 32.8 Å². The Hall–Kier alpha value is -2.08. The second-order valence-corrected chi connectivity index (χ2v) is 6.63. The molecule has 2 heterocycles. The van der Waals surface area contributed by atoms with Crippen molar-refractivity contribution < 1.29 is 9.53 Å². The fourth-order valence-corrected chi connectivity index (χ4v) is 3.42. The molecule has 1 fully saturated rings. The first-order valence-corrected chi connectivity index (χ1v) is 9.28. The Kier molecular flexibility index (Phi) is 6.28. The first-order valence-electron chi connectivity index (χ1n) is 9.28. The number of piperidine rings is 1. The molecule has 136 valence electrons. The predicted molar refractivity (Wildman–Crippen MR) is 98.5 cm³/mol. The van der Waals surface area contributed by atoms with Crippen molar-refractivity contribution in [1.82, 2.24) is 19.8 Å². The number of urea groups is 1. The van der Waals surface area contributed by atoms with Gasteiger partial charge in [-0.25, -0.2) is 9.78 Å². The van der Waals surface area contributed by atoms with Crippen LogP contribution in [0.5, 0.6) is 0 Å². The molecule has 0 radical (unpaired) electrons. The lowest BCUT2D eigenvalue weighted by Crippen LogP contribution is -2.46. The zero-order valence-corrected chi connectivity index (χ0v) is 15.0. The van der Waals surface area contributed by atoms with Gasteiger partial charge in [-0.15, -0.1) is 0 Å². The van der Waals surface area contributed by atoms with Crippen molar-refractivity contribution in [3.8, 4) is 0 Å². The minimum Gasteiger partial charge on any atom is -0.381 e. The molecule has 0 unspecified atom stereocenters. The third-order valence-electron chi connectivity index (χ3n) is 4.74. The number of imidazole rings is 1. The van der Waals surface area contributed by atoms with Crippen molar-refractivity contribution in [3.63, 3.8) is 0 Å². The number of likely N-dealkylation sites (tertiary alicyclic amines) is 1. The van der Waals surface area contributed by atoms with Gasteiger partial charge in [-0.2, -0.15) is 0 Å². The summed E-state index contributed by atoms with van der Waals surface area (Å²) < 4.78 is 7.65. The first-order chi connectivity index (χ1) is 12.3. The molecule has 1 N–H and O–H groups in total. The van der Waals surface area contributed by atoms with E-state index in [2.05, 4.69) is 20.9 Å². The lowest BCUT2D eigenvalue weighted by Gasteiger charge is -2.32. The summed E-state index contributed by atoms with van der Waals surface area (Å²) in [6, 6.07) is 8.17. The third kappa shape index (κ3) is 4.72. The number of nitrogens with zero attached hydrogens (tertiary/aromatic N) is 3. The van der Waals surface area contributed by atoms with E-state index >= 15 is 0 Å². The van der Waals surface area contributed by atoms with E-state index in [1.165, 1.54) is 0 Å². The van der Waals surface area contributed by atoms with Gasteiger partial charge in [0.1, 0.15) is 0 Å². The van der Waals surface area contributed by atoms with Gasteiger partial charge in [0.05, 0.1) is 24.0 Å². The maximum absolute atomic E-state index is 12.3. The molecule has 25 heavy (non-hydrogen) atoms. The maximum Gasteiger partial charge on any atom is 0.317 e. The highest BCUT2D eigenvalue weighted by Gasteiger charge is 2.23. The van der Waals surface area contributed by atoms with Crippen LogP contribution in [0, 0.1) is 5.92 Å².